The predicted molar refractivity (Wildman–Crippen MR) is 68.5 cm³/mol. The lowest BCUT2D eigenvalue weighted by Gasteiger charge is -2.23. The van der Waals surface area contributed by atoms with Crippen LogP contribution in [0.25, 0.3) is 11.0 Å². The molecule has 9 heteroatoms. The maximum Gasteiger partial charge on any atom is 0.318 e. The Balaban J connectivity index is 2.58. The van der Waals surface area contributed by atoms with Gasteiger partial charge >= 0.3 is 5.97 Å². The maximum atomic E-state index is 12.6. The summed E-state index contributed by atoms with van der Waals surface area (Å²) in [5.74, 6) is -1.23. The topological polar surface area (TPSA) is 114 Å². The standard InChI is InChI=1S/C11H13N3O5S/c1-7(2)14(6-10(15)16)20(17,18)9-5-3-4-8-11(9)13-19-12-8/h3-5,7H,6H2,1-2H3,(H,15,16). The highest BCUT2D eigenvalue weighted by atomic mass is 32.2. The third-order valence-corrected chi connectivity index (χ3v) is 4.76. The second kappa shape index (κ2) is 5.17. The van der Waals surface area contributed by atoms with Gasteiger partial charge in [-0.15, -0.1) is 0 Å². The van der Waals surface area contributed by atoms with Crippen molar-refractivity contribution in [2.45, 2.75) is 24.8 Å². The van der Waals surface area contributed by atoms with Gasteiger partial charge in [-0.1, -0.05) is 6.07 Å². The van der Waals surface area contributed by atoms with Gasteiger partial charge in [-0.2, -0.15) is 4.31 Å². The molecule has 0 saturated carbocycles. The Morgan fingerprint density at radius 2 is 2.10 bits per heavy atom. The van der Waals surface area contributed by atoms with Crippen molar-refractivity contribution >= 4 is 27.0 Å². The van der Waals surface area contributed by atoms with Gasteiger partial charge in [-0.25, -0.2) is 13.0 Å². The predicted octanol–water partition coefficient (Wildman–Crippen LogP) is 0.706. The zero-order chi connectivity index (χ0) is 14.9. The first kappa shape index (κ1) is 14.4. The number of carboxylic acid groups (broad SMARTS) is 1. The first-order chi connectivity index (χ1) is 9.34. The van der Waals surface area contributed by atoms with Gasteiger partial charge in [0.2, 0.25) is 10.0 Å². The minimum atomic E-state index is -4.00. The van der Waals surface area contributed by atoms with Crippen LogP contribution in [-0.2, 0) is 14.8 Å². The van der Waals surface area contributed by atoms with E-state index in [2.05, 4.69) is 14.9 Å². The molecule has 0 aliphatic heterocycles. The molecule has 2 rings (SSSR count). The minimum Gasteiger partial charge on any atom is -0.480 e. The van der Waals surface area contributed by atoms with E-state index in [9.17, 15) is 13.2 Å². The molecule has 1 aromatic carbocycles. The first-order valence-corrected chi connectivity index (χ1v) is 7.23. The second-order valence-electron chi connectivity index (χ2n) is 4.43. The van der Waals surface area contributed by atoms with Crippen LogP contribution >= 0.6 is 0 Å². The molecule has 1 heterocycles. The number of carbonyl (C=O) groups is 1. The number of nitrogens with zero attached hydrogens (tertiary/aromatic N) is 3. The van der Waals surface area contributed by atoms with Gasteiger partial charge in [-0.05, 0) is 36.3 Å². The highest BCUT2D eigenvalue weighted by molar-refractivity contribution is 7.89. The molecule has 2 aromatic rings. The summed E-state index contributed by atoms with van der Waals surface area (Å²) in [5.41, 5.74) is 0.383. The van der Waals surface area contributed by atoms with Crippen LogP contribution in [-0.4, -0.2) is 46.7 Å². The Labute approximate surface area is 115 Å². The van der Waals surface area contributed by atoms with E-state index in [1.165, 1.54) is 12.1 Å². The molecule has 20 heavy (non-hydrogen) atoms. The monoisotopic (exact) mass is 299 g/mol. The van der Waals surface area contributed by atoms with Crippen molar-refractivity contribution in [1.29, 1.82) is 0 Å². The lowest BCUT2D eigenvalue weighted by atomic mass is 10.3. The summed E-state index contributed by atoms with van der Waals surface area (Å²) in [5, 5.41) is 16.0. The van der Waals surface area contributed by atoms with Gasteiger partial charge in [0.05, 0.1) is 0 Å². The number of rotatable bonds is 5. The lowest BCUT2D eigenvalue weighted by Crippen LogP contribution is -2.40. The van der Waals surface area contributed by atoms with E-state index in [-0.39, 0.29) is 10.4 Å². The van der Waals surface area contributed by atoms with Crippen molar-refractivity contribution < 1.29 is 22.9 Å². The van der Waals surface area contributed by atoms with E-state index in [0.717, 1.165) is 4.31 Å². The molecule has 0 aliphatic carbocycles. The lowest BCUT2D eigenvalue weighted by molar-refractivity contribution is -0.137. The molecule has 108 valence electrons. The smallest absolute Gasteiger partial charge is 0.318 e. The van der Waals surface area contributed by atoms with Crippen molar-refractivity contribution in [3.63, 3.8) is 0 Å². The zero-order valence-electron chi connectivity index (χ0n) is 10.8. The normalized spacial score (nSPS) is 12.4. The highest BCUT2D eigenvalue weighted by Gasteiger charge is 2.31. The van der Waals surface area contributed by atoms with E-state index < -0.39 is 28.6 Å². The van der Waals surface area contributed by atoms with Crippen molar-refractivity contribution in [2.75, 3.05) is 6.54 Å². The molecule has 8 nitrogen and oxygen atoms in total. The van der Waals surface area contributed by atoms with Crippen LogP contribution in [0.15, 0.2) is 27.7 Å². The molecule has 1 N–H and O–H groups in total. The van der Waals surface area contributed by atoms with Gasteiger partial charge in [-0.3, -0.25) is 4.79 Å². The summed E-state index contributed by atoms with van der Waals surface area (Å²) in [4.78, 5) is 10.7. The van der Waals surface area contributed by atoms with Gasteiger partial charge in [0.25, 0.3) is 0 Å². The maximum absolute atomic E-state index is 12.6. The molecule has 1 aromatic heterocycles. The molecule has 0 saturated heterocycles. The van der Waals surface area contributed by atoms with Gasteiger partial charge in [0.15, 0.2) is 5.52 Å². The van der Waals surface area contributed by atoms with Crippen molar-refractivity contribution in [2.24, 2.45) is 0 Å². The average Bonchev–Trinajstić information content (AvgIpc) is 2.82. The fraction of sp³-hybridized carbons (Fsp3) is 0.364. The number of hydrogen-bond acceptors (Lipinski definition) is 6. The van der Waals surface area contributed by atoms with Crippen LogP contribution in [0.2, 0.25) is 0 Å². The molecule has 0 unspecified atom stereocenters. The number of aromatic nitrogens is 2. The third kappa shape index (κ3) is 2.49. The highest BCUT2D eigenvalue weighted by Crippen LogP contribution is 2.24. The van der Waals surface area contributed by atoms with E-state index in [4.69, 9.17) is 5.11 Å². The summed E-state index contributed by atoms with van der Waals surface area (Å²) in [7, 11) is -4.00. The Hall–Kier alpha value is -2.00. The summed E-state index contributed by atoms with van der Waals surface area (Å²) in [6.07, 6.45) is 0. The van der Waals surface area contributed by atoms with Crippen molar-refractivity contribution in [3.8, 4) is 0 Å². The average molecular weight is 299 g/mol. The number of hydrogen-bond donors (Lipinski definition) is 1. The number of aliphatic carboxylic acids is 1. The van der Waals surface area contributed by atoms with Crippen LogP contribution in [0.4, 0.5) is 0 Å². The Morgan fingerprint density at radius 1 is 1.40 bits per heavy atom. The van der Waals surface area contributed by atoms with E-state index in [1.807, 2.05) is 0 Å². The Morgan fingerprint density at radius 3 is 2.70 bits per heavy atom. The fourth-order valence-electron chi connectivity index (χ4n) is 1.79. The summed E-state index contributed by atoms with van der Waals surface area (Å²) in [6.45, 7) is 2.57. The van der Waals surface area contributed by atoms with Gasteiger partial charge in [0.1, 0.15) is 17.0 Å². The molecular weight excluding hydrogens is 286 g/mol. The number of carboxylic acids is 1. The van der Waals surface area contributed by atoms with E-state index >= 15 is 0 Å². The second-order valence-corrected chi connectivity index (χ2v) is 6.28. The Bertz CT molecular complexity index is 737. The molecule has 0 spiro atoms. The quantitative estimate of drug-likeness (QED) is 0.864. The summed E-state index contributed by atoms with van der Waals surface area (Å²) in [6, 6.07) is 3.89. The SMILES string of the molecule is CC(C)N(CC(=O)O)S(=O)(=O)c1cccc2nonc12. The van der Waals surface area contributed by atoms with Crippen LogP contribution in [0.5, 0.6) is 0 Å². The van der Waals surface area contributed by atoms with Gasteiger partial charge in [0, 0.05) is 6.04 Å². The fourth-order valence-corrected chi connectivity index (χ4v) is 3.52. The molecule has 0 radical (unpaired) electrons. The number of fused-ring (bicyclic) bond motifs is 1. The van der Waals surface area contributed by atoms with Gasteiger partial charge < -0.3 is 5.11 Å². The van der Waals surface area contributed by atoms with E-state index in [1.54, 1.807) is 19.9 Å². The number of benzene rings is 1. The van der Waals surface area contributed by atoms with Crippen LogP contribution in [0, 0.1) is 0 Å². The molecule has 0 amide bonds. The molecular formula is C11H13N3O5S. The number of sulfonamides is 1. The van der Waals surface area contributed by atoms with Crippen LogP contribution < -0.4 is 0 Å². The Kier molecular flexibility index (Phi) is 3.73. The molecule has 0 bridgehead atoms. The third-order valence-electron chi connectivity index (χ3n) is 2.70. The summed E-state index contributed by atoms with van der Waals surface area (Å²) < 4.78 is 30.6. The van der Waals surface area contributed by atoms with Crippen LogP contribution in [0.1, 0.15) is 13.8 Å². The molecule has 0 atom stereocenters. The molecule has 0 fully saturated rings. The zero-order valence-corrected chi connectivity index (χ0v) is 11.7. The van der Waals surface area contributed by atoms with Crippen molar-refractivity contribution in [1.82, 2.24) is 14.6 Å². The minimum absolute atomic E-state index is 0.0866. The summed E-state index contributed by atoms with van der Waals surface area (Å²) >= 11 is 0. The molecule has 0 aliphatic rings. The van der Waals surface area contributed by atoms with Crippen LogP contribution in [0.3, 0.4) is 0 Å². The van der Waals surface area contributed by atoms with Crippen molar-refractivity contribution in [3.05, 3.63) is 18.2 Å². The largest absolute Gasteiger partial charge is 0.480 e. The first-order valence-electron chi connectivity index (χ1n) is 5.79. The van der Waals surface area contributed by atoms with E-state index in [0.29, 0.717) is 5.52 Å².